The SMILES string of the molecule is N[C@@H]1CCN(c2nc3c(Cl)cncc3s2)C1. The number of thiazole rings is 1. The summed E-state index contributed by atoms with van der Waals surface area (Å²) >= 11 is 7.67. The molecule has 1 aliphatic heterocycles. The van der Waals surface area contributed by atoms with Crippen molar-refractivity contribution in [1.82, 2.24) is 9.97 Å². The van der Waals surface area contributed by atoms with E-state index < -0.39 is 0 Å². The molecule has 3 rings (SSSR count). The summed E-state index contributed by atoms with van der Waals surface area (Å²) in [6, 6.07) is 0.264. The third-order valence-electron chi connectivity index (χ3n) is 2.74. The summed E-state index contributed by atoms with van der Waals surface area (Å²) in [4.78, 5) is 10.8. The molecule has 0 aliphatic carbocycles. The number of fused-ring (bicyclic) bond motifs is 1. The molecule has 0 saturated carbocycles. The number of pyridine rings is 1. The average Bonchev–Trinajstić information content (AvgIpc) is 2.84. The van der Waals surface area contributed by atoms with Crippen LogP contribution in [0.1, 0.15) is 6.42 Å². The molecular formula is C10H11ClN4S. The molecule has 1 fully saturated rings. The van der Waals surface area contributed by atoms with Crippen LogP contribution in [-0.2, 0) is 0 Å². The minimum Gasteiger partial charge on any atom is -0.346 e. The van der Waals surface area contributed by atoms with Crippen LogP contribution in [0.5, 0.6) is 0 Å². The summed E-state index contributed by atoms with van der Waals surface area (Å²) in [6.07, 6.45) is 4.46. The number of hydrogen-bond donors (Lipinski definition) is 1. The summed E-state index contributed by atoms with van der Waals surface area (Å²) in [5.41, 5.74) is 6.73. The quantitative estimate of drug-likeness (QED) is 0.844. The smallest absolute Gasteiger partial charge is 0.186 e. The van der Waals surface area contributed by atoms with E-state index in [1.54, 1.807) is 23.7 Å². The van der Waals surface area contributed by atoms with Gasteiger partial charge in [0.1, 0.15) is 5.52 Å². The lowest BCUT2D eigenvalue weighted by atomic mass is 10.3. The van der Waals surface area contributed by atoms with Gasteiger partial charge in [-0.3, -0.25) is 4.98 Å². The van der Waals surface area contributed by atoms with Gasteiger partial charge in [-0.05, 0) is 6.42 Å². The second kappa shape index (κ2) is 3.84. The Bertz CT molecular complexity index is 527. The summed E-state index contributed by atoms with van der Waals surface area (Å²) in [5, 5.41) is 1.61. The lowest BCUT2D eigenvalue weighted by Crippen LogP contribution is -2.26. The fourth-order valence-electron chi connectivity index (χ4n) is 1.91. The first-order chi connectivity index (χ1) is 7.74. The first-order valence-electron chi connectivity index (χ1n) is 5.14. The number of aromatic nitrogens is 2. The molecule has 0 radical (unpaired) electrons. The molecule has 2 aromatic heterocycles. The molecule has 2 N–H and O–H groups in total. The number of hydrogen-bond acceptors (Lipinski definition) is 5. The lowest BCUT2D eigenvalue weighted by molar-refractivity contribution is 0.752. The standard InChI is InChI=1S/C10H11ClN4S/c11-7-3-13-4-8-9(7)14-10(16-8)15-2-1-6(12)5-15/h3-4,6H,1-2,5,12H2/t6-/m1/s1. The van der Waals surface area contributed by atoms with Crippen LogP contribution in [0.3, 0.4) is 0 Å². The molecule has 2 aromatic rings. The number of anilines is 1. The van der Waals surface area contributed by atoms with Crippen LogP contribution in [0.4, 0.5) is 5.13 Å². The highest BCUT2D eigenvalue weighted by atomic mass is 35.5. The molecule has 0 bridgehead atoms. The summed E-state index contributed by atoms with van der Waals surface area (Å²) < 4.78 is 1.03. The van der Waals surface area contributed by atoms with E-state index in [-0.39, 0.29) is 6.04 Å². The van der Waals surface area contributed by atoms with Crippen LogP contribution in [0.2, 0.25) is 5.02 Å². The van der Waals surface area contributed by atoms with Crippen LogP contribution in [0, 0.1) is 0 Å². The number of nitrogens with two attached hydrogens (primary N) is 1. The van der Waals surface area contributed by atoms with Crippen molar-refractivity contribution in [2.45, 2.75) is 12.5 Å². The molecule has 0 aromatic carbocycles. The summed E-state index contributed by atoms with van der Waals surface area (Å²) in [7, 11) is 0. The molecular weight excluding hydrogens is 244 g/mol. The zero-order valence-electron chi connectivity index (χ0n) is 8.56. The first-order valence-corrected chi connectivity index (χ1v) is 6.34. The normalized spacial score (nSPS) is 20.9. The minimum atomic E-state index is 0.264. The Hall–Kier alpha value is -0.910. The van der Waals surface area contributed by atoms with E-state index in [0.29, 0.717) is 5.02 Å². The molecule has 0 spiro atoms. The van der Waals surface area contributed by atoms with Crippen molar-refractivity contribution in [3.63, 3.8) is 0 Å². The predicted molar refractivity (Wildman–Crippen MR) is 67.2 cm³/mol. The van der Waals surface area contributed by atoms with Gasteiger partial charge in [0, 0.05) is 31.5 Å². The molecule has 1 atom stereocenters. The molecule has 3 heterocycles. The highest BCUT2D eigenvalue weighted by molar-refractivity contribution is 7.22. The van der Waals surface area contributed by atoms with Crippen molar-refractivity contribution >= 4 is 38.3 Å². The molecule has 16 heavy (non-hydrogen) atoms. The zero-order chi connectivity index (χ0) is 11.1. The van der Waals surface area contributed by atoms with Crippen molar-refractivity contribution < 1.29 is 0 Å². The Labute approximate surface area is 102 Å². The van der Waals surface area contributed by atoms with Crippen LogP contribution >= 0.6 is 22.9 Å². The monoisotopic (exact) mass is 254 g/mol. The topological polar surface area (TPSA) is 55.0 Å². The van der Waals surface area contributed by atoms with E-state index >= 15 is 0 Å². The largest absolute Gasteiger partial charge is 0.346 e. The fraction of sp³-hybridized carbons (Fsp3) is 0.400. The highest BCUT2D eigenvalue weighted by Gasteiger charge is 2.22. The predicted octanol–water partition coefficient (Wildman–Crippen LogP) is 1.88. The summed E-state index contributed by atoms with van der Waals surface area (Å²) in [6.45, 7) is 1.86. The van der Waals surface area contributed by atoms with Crippen molar-refractivity contribution in [1.29, 1.82) is 0 Å². The van der Waals surface area contributed by atoms with Gasteiger partial charge in [-0.2, -0.15) is 0 Å². The Kier molecular flexibility index (Phi) is 2.46. The molecule has 4 nitrogen and oxygen atoms in total. The van der Waals surface area contributed by atoms with Crippen molar-refractivity contribution in [3.05, 3.63) is 17.4 Å². The van der Waals surface area contributed by atoms with E-state index in [9.17, 15) is 0 Å². The highest BCUT2D eigenvalue weighted by Crippen LogP contribution is 2.33. The third kappa shape index (κ3) is 1.65. The van der Waals surface area contributed by atoms with Crippen LogP contribution in [-0.4, -0.2) is 29.1 Å². The number of halogens is 1. The Morgan fingerprint density at radius 1 is 1.50 bits per heavy atom. The molecule has 0 unspecified atom stereocenters. The van der Waals surface area contributed by atoms with E-state index in [2.05, 4.69) is 14.9 Å². The van der Waals surface area contributed by atoms with E-state index in [0.717, 1.165) is 34.9 Å². The van der Waals surface area contributed by atoms with Gasteiger partial charge < -0.3 is 10.6 Å². The van der Waals surface area contributed by atoms with Gasteiger partial charge in [0.2, 0.25) is 0 Å². The van der Waals surface area contributed by atoms with Gasteiger partial charge >= 0.3 is 0 Å². The Morgan fingerprint density at radius 2 is 2.38 bits per heavy atom. The molecule has 0 amide bonds. The lowest BCUT2D eigenvalue weighted by Gasteiger charge is -2.12. The maximum absolute atomic E-state index is 6.04. The minimum absolute atomic E-state index is 0.264. The van der Waals surface area contributed by atoms with Crippen LogP contribution < -0.4 is 10.6 Å². The van der Waals surface area contributed by atoms with Crippen molar-refractivity contribution in [2.24, 2.45) is 5.73 Å². The third-order valence-corrected chi connectivity index (χ3v) is 4.07. The zero-order valence-corrected chi connectivity index (χ0v) is 10.1. The fourth-order valence-corrected chi connectivity index (χ4v) is 3.16. The number of nitrogens with zero attached hydrogens (tertiary/aromatic N) is 3. The van der Waals surface area contributed by atoms with Gasteiger partial charge in [-0.15, -0.1) is 0 Å². The van der Waals surface area contributed by atoms with Gasteiger partial charge in [-0.1, -0.05) is 22.9 Å². The van der Waals surface area contributed by atoms with Gasteiger partial charge in [0.05, 0.1) is 9.72 Å². The Balaban J connectivity index is 2.02. The second-order valence-electron chi connectivity index (χ2n) is 3.96. The Morgan fingerprint density at radius 3 is 3.06 bits per heavy atom. The van der Waals surface area contributed by atoms with E-state index in [1.807, 2.05) is 0 Å². The van der Waals surface area contributed by atoms with E-state index in [1.165, 1.54) is 0 Å². The molecule has 6 heteroatoms. The molecule has 1 saturated heterocycles. The average molecular weight is 255 g/mol. The maximum atomic E-state index is 6.04. The van der Waals surface area contributed by atoms with Crippen molar-refractivity contribution in [3.8, 4) is 0 Å². The van der Waals surface area contributed by atoms with Gasteiger partial charge in [0.25, 0.3) is 0 Å². The summed E-state index contributed by atoms with van der Waals surface area (Å²) in [5.74, 6) is 0. The maximum Gasteiger partial charge on any atom is 0.186 e. The first kappa shape index (κ1) is 10.3. The molecule has 1 aliphatic rings. The van der Waals surface area contributed by atoms with Crippen molar-refractivity contribution in [2.75, 3.05) is 18.0 Å². The van der Waals surface area contributed by atoms with Crippen LogP contribution in [0.15, 0.2) is 12.4 Å². The van der Waals surface area contributed by atoms with Gasteiger partial charge in [0.15, 0.2) is 5.13 Å². The number of rotatable bonds is 1. The van der Waals surface area contributed by atoms with Gasteiger partial charge in [-0.25, -0.2) is 4.98 Å². The molecule has 84 valence electrons. The van der Waals surface area contributed by atoms with E-state index in [4.69, 9.17) is 17.3 Å². The van der Waals surface area contributed by atoms with Crippen LogP contribution in [0.25, 0.3) is 10.2 Å². The second-order valence-corrected chi connectivity index (χ2v) is 5.38.